The van der Waals surface area contributed by atoms with Gasteiger partial charge in [0.25, 0.3) is 0 Å². The zero-order chi connectivity index (χ0) is 13.9. The molecule has 1 aromatic carbocycles. The molecule has 1 aromatic rings. The van der Waals surface area contributed by atoms with E-state index in [4.69, 9.17) is 19.9 Å². The molecule has 0 fully saturated rings. The lowest BCUT2D eigenvalue weighted by atomic mass is 10.1. The van der Waals surface area contributed by atoms with Crippen LogP contribution in [0.1, 0.15) is 5.56 Å². The minimum atomic E-state index is -4.33. The summed E-state index contributed by atoms with van der Waals surface area (Å²) < 4.78 is 52.6. The van der Waals surface area contributed by atoms with Crippen molar-refractivity contribution in [3.8, 4) is 11.5 Å². The van der Waals surface area contributed by atoms with E-state index >= 15 is 0 Å². The second kappa shape index (κ2) is 5.66. The maximum Gasteiger partial charge on any atom is 0.395 e. The summed E-state index contributed by atoms with van der Waals surface area (Å²) in [5.41, 5.74) is 5.80. The predicted octanol–water partition coefficient (Wildman–Crippen LogP) is 2.07. The molecule has 0 amide bonds. The Morgan fingerprint density at radius 2 is 2.00 bits per heavy atom. The van der Waals surface area contributed by atoms with Gasteiger partial charge in [0.05, 0.1) is 19.1 Å². The van der Waals surface area contributed by atoms with Crippen molar-refractivity contribution in [1.29, 1.82) is 0 Å². The van der Waals surface area contributed by atoms with Gasteiger partial charge in [0, 0.05) is 6.54 Å². The highest BCUT2D eigenvalue weighted by Crippen LogP contribution is 2.32. The highest BCUT2D eigenvalue weighted by Gasteiger charge is 2.38. The number of rotatable bonds is 5. The first-order valence-corrected chi connectivity index (χ1v) is 5.73. The molecule has 1 atom stereocenters. The van der Waals surface area contributed by atoms with E-state index in [2.05, 4.69) is 0 Å². The smallest absolute Gasteiger partial charge is 0.395 e. The highest BCUT2D eigenvalue weighted by atomic mass is 19.4. The molecule has 19 heavy (non-hydrogen) atoms. The fourth-order valence-electron chi connectivity index (χ4n) is 1.65. The fraction of sp³-hybridized carbons (Fsp3) is 0.500. The molecule has 7 heteroatoms. The van der Waals surface area contributed by atoms with E-state index in [0.717, 1.165) is 5.56 Å². The number of alkyl halides is 3. The predicted molar refractivity (Wildman–Crippen MR) is 60.8 cm³/mol. The lowest BCUT2D eigenvalue weighted by Crippen LogP contribution is -2.33. The standard InChI is InChI=1S/C12H14F3NO3/c13-12(14,15)9(4-16)6-17-5-8-1-2-10-11(3-8)19-7-18-10/h1-3,9H,4-7,16H2. The van der Waals surface area contributed by atoms with Crippen LogP contribution in [0.2, 0.25) is 0 Å². The second-order valence-corrected chi connectivity index (χ2v) is 4.18. The highest BCUT2D eigenvalue weighted by molar-refractivity contribution is 5.44. The van der Waals surface area contributed by atoms with Crippen molar-refractivity contribution in [1.82, 2.24) is 0 Å². The number of ether oxygens (including phenoxy) is 3. The molecule has 106 valence electrons. The van der Waals surface area contributed by atoms with Gasteiger partial charge in [-0.1, -0.05) is 6.07 Å². The van der Waals surface area contributed by atoms with Crippen LogP contribution in [-0.2, 0) is 11.3 Å². The molecular formula is C12H14F3NO3. The topological polar surface area (TPSA) is 53.7 Å². The third-order valence-corrected chi connectivity index (χ3v) is 2.77. The zero-order valence-electron chi connectivity index (χ0n) is 10.1. The van der Waals surface area contributed by atoms with Gasteiger partial charge in [0.2, 0.25) is 6.79 Å². The first-order valence-electron chi connectivity index (χ1n) is 5.73. The van der Waals surface area contributed by atoms with Crippen LogP contribution in [-0.4, -0.2) is 26.1 Å². The zero-order valence-corrected chi connectivity index (χ0v) is 10.1. The third kappa shape index (κ3) is 3.51. The van der Waals surface area contributed by atoms with Crippen LogP contribution in [0.25, 0.3) is 0 Å². The number of fused-ring (bicyclic) bond motifs is 1. The summed E-state index contributed by atoms with van der Waals surface area (Å²) in [6.07, 6.45) is -4.33. The van der Waals surface area contributed by atoms with Crippen molar-refractivity contribution in [2.24, 2.45) is 11.7 Å². The Bertz CT molecular complexity index is 437. The van der Waals surface area contributed by atoms with Gasteiger partial charge in [-0.25, -0.2) is 0 Å². The van der Waals surface area contributed by atoms with Crippen molar-refractivity contribution in [3.63, 3.8) is 0 Å². The first-order chi connectivity index (χ1) is 9.00. The lowest BCUT2D eigenvalue weighted by Gasteiger charge is -2.18. The number of hydrogen-bond acceptors (Lipinski definition) is 4. The van der Waals surface area contributed by atoms with Crippen LogP contribution in [0.4, 0.5) is 13.2 Å². The Kier molecular flexibility index (Phi) is 4.16. The summed E-state index contributed by atoms with van der Waals surface area (Å²) in [6.45, 7) is -0.703. The molecule has 0 saturated heterocycles. The molecule has 2 rings (SSSR count). The molecule has 0 aromatic heterocycles. The molecule has 4 nitrogen and oxygen atoms in total. The minimum absolute atomic E-state index is 0.0726. The van der Waals surface area contributed by atoms with E-state index in [9.17, 15) is 13.2 Å². The molecule has 1 unspecified atom stereocenters. The fourth-order valence-corrected chi connectivity index (χ4v) is 1.65. The van der Waals surface area contributed by atoms with E-state index in [-0.39, 0.29) is 13.4 Å². The van der Waals surface area contributed by atoms with Crippen molar-refractivity contribution in [2.75, 3.05) is 19.9 Å². The summed E-state index contributed by atoms with van der Waals surface area (Å²) in [7, 11) is 0. The monoisotopic (exact) mass is 277 g/mol. The van der Waals surface area contributed by atoms with Crippen LogP contribution in [0.5, 0.6) is 11.5 Å². The summed E-state index contributed by atoms with van der Waals surface area (Å²) in [5, 5.41) is 0. The summed E-state index contributed by atoms with van der Waals surface area (Å²) >= 11 is 0. The average Bonchev–Trinajstić information content (AvgIpc) is 2.80. The number of benzene rings is 1. The van der Waals surface area contributed by atoms with Gasteiger partial charge in [0.15, 0.2) is 11.5 Å². The number of hydrogen-bond donors (Lipinski definition) is 1. The van der Waals surface area contributed by atoms with Crippen LogP contribution >= 0.6 is 0 Å². The third-order valence-electron chi connectivity index (χ3n) is 2.77. The number of halogens is 3. The maximum absolute atomic E-state index is 12.4. The van der Waals surface area contributed by atoms with Gasteiger partial charge in [0.1, 0.15) is 0 Å². The van der Waals surface area contributed by atoms with Crippen molar-refractivity contribution >= 4 is 0 Å². The van der Waals surface area contributed by atoms with Crippen molar-refractivity contribution < 1.29 is 27.4 Å². The Balaban J connectivity index is 1.86. The van der Waals surface area contributed by atoms with Gasteiger partial charge in [-0.3, -0.25) is 0 Å². The largest absolute Gasteiger partial charge is 0.454 e. The van der Waals surface area contributed by atoms with Crippen LogP contribution in [0.15, 0.2) is 18.2 Å². The Morgan fingerprint density at radius 3 is 2.68 bits per heavy atom. The van der Waals surface area contributed by atoms with E-state index in [1.54, 1.807) is 18.2 Å². The summed E-state index contributed by atoms with van der Waals surface area (Å²) in [5.74, 6) is -0.437. The average molecular weight is 277 g/mol. The van der Waals surface area contributed by atoms with Crippen LogP contribution < -0.4 is 15.2 Å². The molecule has 0 spiro atoms. The molecular weight excluding hydrogens is 263 g/mol. The van der Waals surface area contributed by atoms with E-state index in [1.165, 1.54) is 0 Å². The van der Waals surface area contributed by atoms with Gasteiger partial charge in [-0.15, -0.1) is 0 Å². The van der Waals surface area contributed by atoms with Crippen molar-refractivity contribution in [3.05, 3.63) is 23.8 Å². The molecule has 0 bridgehead atoms. The van der Waals surface area contributed by atoms with Crippen LogP contribution in [0.3, 0.4) is 0 Å². The van der Waals surface area contributed by atoms with Crippen molar-refractivity contribution in [2.45, 2.75) is 12.8 Å². The molecule has 2 N–H and O–H groups in total. The Labute approximate surface area is 108 Å². The molecule has 0 aliphatic carbocycles. The van der Waals surface area contributed by atoms with Gasteiger partial charge < -0.3 is 19.9 Å². The minimum Gasteiger partial charge on any atom is -0.454 e. The Morgan fingerprint density at radius 1 is 1.26 bits per heavy atom. The van der Waals surface area contributed by atoms with E-state index < -0.39 is 25.2 Å². The molecule has 0 radical (unpaired) electrons. The first kappa shape index (κ1) is 14.0. The van der Waals surface area contributed by atoms with Gasteiger partial charge >= 0.3 is 6.18 Å². The van der Waals surface area contributed by atoms with Gasteiger partial charge in [-0.2, -0.15) is 13.2 Å². The number of nitrogens with two attached hydrogens (primary N) is 1. The van der Waals surface area contributed by atoms with E-state index in [0.29, 0.717) is 11.5 Å². The second-order valence-electron chi connectivity index (χ2n) is 4.18. The molecule has 1 heterocycles. The molecule has 0 saturated carbocycles. The molecule has 1 aliphatic rings. The van der Waals surface area contributed by atoms with Crippen LogP contribution in [0, 0.1) is 5.92 Å². The summed E-state index contributed by atoms with van der Waals surface area (Å²) in [6, 6.07) is 5.11. The molecule has 1 aliphatic heterocycles. The Hall–Kier alpha value is -1.47. The quantitative estimate of drug-likeness (QED) is 0.895. The lowest BCUT2D eigenvalue weighted by molar-refractivity contribution is -0.186. The SMILES string of the molecule is NCC(COCc1ccc2c(c1)OCO2)C(F)(F)F. The van der Waals surface area contributed by atoms with Gasteiger partial charge in [-0.05, 0) is 17.7 Å². The maximum atomic E-state index is 12.4. The summed E-state index contributed by atoms with van der Waals surface area (Å²) in [4.78, 5) is 0. The normalized spacial score (nSPS) is 15.6. The van der Waals surface area contributed by atoms with E-state index in [1.807, 2.05) is 0 Å².